The minimum atomic E-state index is -0.645. The predicted molar refractivity (Wildman–Crippen MR) is 119 cm³/mol. The van der Waals surface area contributed by atoms with Gasteiger partial charge in [0, 0.05) is 43.0 Å². The third kappa shape index (κ3) is 4.16. The molecule has 0 radical (unpaired) electrons. The standard InChI is InChI=1S/C24H25N3O5/c1-17-18-7-3-4-8-19(18)24(30)27(17)15-23(29)32-16-22(28)26-13-11-25(12-14-26)20-9-5-6-10-21(20)31-2/h3-10H,1,11-16H2,2H3. The zero-order valence-electron chi connectivity index (χ0n) is 18.0. The van der Waals surface area contributed by atoms with Crippen LogP contribution >= 0.6 is 0 Å². The molecule has 0 saturated carbocycles. The van der Waals surface area contributed by atoms with Gasteiger partial charge in [-0.2, -0.15) is 0 Å². The Morgan fingerprint density at radius 3 is 2.31 bits per heavy atom. The van der Waals surface area contributed by atoms with Gasteiger partial charge in [-0.25, -0.2) is 0 Å². The Morgan fingerprint density at radius 2 is 1.62 bits per heavy atom. The number of ether oxygens (including phenoxy) is 2. The molecule has 2 aromatic rings. The summed E-state index contributed by atoms with van der Waals surface area (Å²) in [6.45, 7) is 5.62. The average Bonchev–Trinajstić information content (AvgIpc) is 3.07. The Morgan fingerprint density at radius 1 is 0.969 bits per heavy atom. The van der Waals surface area contributed by atoms with Crippen LogP contribution in [0.15, 0.2) is 55.1 Å². The lowest BCUT2D eigenvalue weighted by atomic mass is 10.1. The topological polar surface area (TPSA) is 79.4 Å². The summed E-state index contributed by atoms with van der Waals surface area (Å²) in [6.07, 6.45) is 0. The highest BCUT2D eigenvalue weighted by Crippen LogP contribution is 2.31. The lowest BCUT2D eigenvalue weighted by molar-refractivity contribution is -0.152. The number of carbonyl (C=O) groups excluding carboxylic acids is 3. The van der Waals surface area contributed by atoms with Crippen LogP contribution in [-0.4, -0.2) is 74.0 Å². The minimum absolute atomic E-state index is 0.257. The number of fused-ring (bicyclic) bond motifs is 1. The number of esters is 1. The molecule has 0 N–H and O–H groups in total. The monoisotopic (exact) mass is 435 g/mol. The van der Waals surface area contributed by atoms with Gasteiger partial charge in [0.1, 0.15) is 12.3 Å². The Balaban J connectivity index is 1.25. The SMILES string of the molecule is C=C1c2ccccc2C(=O)N1CC(=O)OCC(=O)N1CCN(c2ccccc2OC)CC1. The molecule has 166 valence electrons. The van der Waals surface area contributed by atoms with Crippen LogP contribution in [0.4, 0.5) is 5.69 Å². The molecule has 32 heavy (non-hydrogen) atoms. The van der Waals surface area contributed by atoms with Crippen molar-refractivity contribution in [3.8, 4) is 5.75 Å². The Kier molecular flexibility index (Phi) is 6.11. The quantitative estimate of drug-likeness (QED) is 0.646. The first-order chi connectivity index (χ1) is 15.5. The fraction of sp³-hybridized carbons (Fsp3) is 0.292. The Hall–Kier alpha value is -3.81. The molecule has 0 unspecified atom stereocenters. The van der Waals surface area contributed by atoms with E-state index in [0.29, 0.717) is 43.0 Å². The van der Waals surface area contributed by atoms with Gasteiger partial charge < -0.3 is 19.3 Å². The molecule has 1 fully saturated rings. The molecule has 2 aromatic carbocycles. The second-order valence-corrected chi connectivity index (χ2v) is 7.58. The third-order valence-electron chi connectivity index (χ3n) is 5.74. The number of para-hydroxylation sites is 2. The van der Waals surface area contributed by atoms with Gasteiger partial charge in [-0.3, -0.25) is 19.3 Å². The lowest BCUT2D eigenvalue weighted by Crippen LogP contribution is -2.50. The van der Waals surface area contributed by atoms with Crippen LogP contribution in [0.5, 0.6) is 5.75 Å². The van der Waals surface area contributed by atoms with Crippen LogP contribution in [-0.2, 0) is 14.3 Å². The van der Waals surface area contributed by atoms with E-state index in [1.807, 2.05) is 30.3 Å². The van der Waals surface area contributed by atoms with Crippen molar-refractivity contribution in [3.05, 3.63) is 66.2 Å². The molecule has 4 rings (SSSR count). The molecule has 2 amide bonds. The summed E-state index contributed by atoms with van der Waals surface area (Å²) in [7, 11) is 1.64. The minimum Gasteiger partial charge on any atom is -0.495 e. The largest absolute Gasteiger partial charge is 0.495 e. The van der Waals surface area contributed by atoms with Gasteiger partial charge in [-0.15, -0.1) is 0 Å². The van der Waals surface area contributed by atoms with Crippen molar-refractivity contribution < 1.29 is 23.9 Å². The van der Waals surface area contributed by atoms with Crippen molar-refractivity contribution >= 4 is 29.2 Å². The number of methoxy groups -OCH3 is 1. The maximum absolute atomic E-state index is 12.5. The number of amides is 2. The van der Waals surface area contributed by atoms with Gasteiger partial charge in [-0.05, 0) is 18.2 Å². The van der Waals surface area contributed by atoms with Crippen molar-refractivity contribution in [2.24, 2.45) is 0 Å². The first kappa shape index (κ1) is 21.4. The number of piperazine rings is 1. The molecule has 2 aliphatic rings. The highest BCUT2D eigenvalue weighted by molar-refractivity contribution is 6.10. The summed E-state index contributed by atoms with van der Waals surface area (Å²) in [4.78, 5) is 42.4. The van der Waals surface area contributed by atoms with Gasteiger partial charge >= 0.3 is 5.97 Å². The Labute approximate surface area is 186 Å². The maximum Gasteiger partial charge on any atom is 0.326 e. The first-order valence-corrected chi connectivity index (χ1v) is 10.4. The summed E-state index contributed by atoms with van der Waals surface area (Å²) in [5.74, 6) is -0.399. The fourth-order valence-corrected chi connectivity index (χ4v) is 4.00. The number of benzene rings is 2. The summed E-state index contributed by atoms with van der Waals surface area (Å²) in [6, 6.07) is 14.8. The highest BCUT2D eigenvalue weighted by atomic mass is 16.5. The van der Waals surface area contributed by atoms with E-state index in [-0.39, 0.29) is 25.0 Å². The average molecular weight is 435 g/mol. The second-order valence-electron chi connectivity index (χ2n) is 7.58. The number of carbonyl (C=O) groups is 3. The van der Waals surface area contributed by atoms with Crippen LogP contribution in [0, 0.1) is 0 Å². The number of rotatable bonds is 6. The number of hydrogen-bond donors (Lipinski definition) is 0. The van der Waals surface area contributed by atoms with Gasteiger partial charge in [-0.1, -0.05) is 36.9 Å². The van der Waals surface area contributed by atoms with E-state index in [2.05, 4.69) is 11.5 Å². The number of anilines is 1. The number of hydrogen-bond acceptors (Lipinski definition) is 6. The summed E-state index contributed by atoms with van der Waals surface area (Å²) in [5.41, 5.74) is 2.66. The van der Waals surface area contributed by atoms with Crippen LogP contribution < -0.4 is 9.64 Å². The zero-order valence-corrected chi connectivity index (χ0v) is 18.0. The Bertz CT molecular complexity index is 1020. The molecule has 2 aliphatic heterocycles. The van der Waals surface area contributed by atoms with E-state index < -0.39 is 5.97 Å². The molecular formula is C24H25N3O5. The summed E-state index contributed by atoms with van der Waals surface area (Å²) in [5, 5.41) is 0. The first-order valence-electron chi connectivity index (χ1n) is 10.4. The molecular weight excluding hydrogens is 410 g/mol. The number of nitrogens with zero attached hydrogens (tertiary/aromatic N) is 3. The molecule has 0 aliphatic carbocycles. The zero-order chi connectivity index (χ0) is 22.7. The third-order valence-corrected chi connectivity index (χ3v) is 5.74. The fourth-order valence-electron chi connectivity index (χ4n) is 4.00. The van der Waals surface area contributed by atoms with Crippen molar-refractivity contribution in [1.82, 2.24) is 9.80 Å². The van der Waals surface area contributed by atoms with Crippen molar-refractivity contribution in [2.75, 3.05) is 51.3 Å². The van der Waals surface area contributed by atoms with Crippen molar-refractivity contribution in [2.45, 2.75) is 0 Å². The van der Waals surface area contributed by atoms with E-state index in [1.165, 1.54) is 4.90 Å². The van der Waals surface area contributed by atoms with Crippen molar-refractivity contribution in [3.63, 3.8) is 0 Å². The molecule has 8 heteroatoms. The van der Waals surface area contributed by atoms with E-state index >= 15 is 0 Å². The molecule has 8 nitrogen and oxygen atoms in total. The van der Waals surface area contributed by atoms with Crippen LogP contribution in [0.25, 0.3) is 5.70 Å². The summed E-state index contributed by atoms with van der Waals surface area (Å²) < 4.78 is 10.6. The predicted octanol–water partition coefficient (Wildman–Crippen LogP) is 2.01. The lowest BCUT2D eigenvalue weighted by Gasteiger charge is -2.36. The van der Waals surface area contributed by atoms with E-state index in [9.17, 15) is 14.4 Å². The van der Waals surface area contributed by atoms with Gasteiger partial charge in [0.15, 0.2) is 6.61 Å². The molecule has 2 heterocycles. The molecule has 1 saturated heterocycles. The molecule has 0 spiro atoms. The van der Waals surface area contributed by atoms with E-state index in [1.54, 1.807) is 30.2 Å². The molecule has 0 atom stereocenters. The van der Waals surface area contributed by atoms with Gasteiger partial charge in [0.25, 0.3) is 11.8 Å². The smallest absolute Gasteiger partial charge is 0.326 e. The molecule has 0 bridgehead atoms. The van der Waals surface area contributed by atoms with Crippen molar-refractivity contribution in [1.29, 1.82) is 0 Å². The van der Waals surface area contributed by atoms with Crippen LogP contribution in [0.2, 0.25) is 0 Å². The second kappa shape index (κ2) is 9.13. The summed E-state index contributed by atoms with van der Waals surface area (Å²) >= 11 is 0. The molecule has 0 aromatic heterocycles. The van der Waals surface area contributed by atoms with Crippen LogP contribution in [0.1, 0.15) is 15.9 Å². The normalized spacial score (nSPS) is 15.6. The van der Waals surface area contributed by atoms with Gasteiger partial charge in [0.05, 0.1) is 12.8 Å². The van der Waals surface area contributed by atoms with Gasteiger partial charge in [0.2, 0.25) is 0 Å². The van der Waals surface area contributed by atoms with E-state index in [0.717, 1.165) is 11.4 Å². The highest BCUT2D eigenvalue weighted by Gasteiger charge is 2.32. The maximum atomic E-state index is 12.5. The van der Waals surface area contributed by atoms with E-state index in [4.69, 9.17) is 9.47 Å². The van der Waals surface area contributed by atoms with Crippen LogP contribution in [0.3, 0.4) is 0 Å².